The summed E-state index contributed by atoms with van der Waals surface area (Å²) in [7, 11) is -3.62. The molecule has 0 spiro atoms. The predicted octanol–water partition coefficient (Wildman–Crippen LogP) is 3.47. The lowest BCUT2D eigenvalue weighted by atomic mass is 10.1. The van der Waals surface area contributed by atoms with Crippen LogP contribution in [0.3, 0.4) is 0 Å². The number of urea groups is 1. The van der Waals surface area contributed by atoms with Crippen molar-refractivity contribution in [3.8, 4) is 0 Å². The van der Waals surface area contributed by atoms with Gasteiger partial charge in [-0.05, 0) is 62.1 Å². The van der Waals surface area contributed by atoms with Crippen LogP contribution in [0.4, 0.5) is 10.5 Å². The van der Waals surface area contributed by atoms with Crippen LogP contribution in [0, 0.1) is 13.8 Å². The molecule has 9 heteroatoms. The Morgan fingerprint density at radius 1 is 0.824 bits per heavy atom. The van der Waals surface area contributed by atoms with E-state index >= 15 is 0 Å². The molecule has 2 aromatic rings. The van der Waals surface area contributed by atoms with Gasteiger partial charge in [-0.15, -0.1) is 0 Å². The third kappa shape index (κ3) is 5.26. The van der Waals surface area contributed by atoms with Gasteiger partial charge < -0.3 is 15.1 Å². The first kappa shape index (κ1) is 24.2. The molecule has 2 heterocycles. The highest BCUT2D eigenvalue weighted by atomic mass is 32.2. The van der Waals surface area contributed by atoms with Gasteiger partial charge >= 0.3 is 6.03 Å². The van der Waals surface area contributed by atoms with Crippen LogP contribution in [-0.2, 0) is 10.0 Å². The number of nitrogens with one attached hydrogen (secondary N) is 1. The maximum atomic E-state index is 13.3. The summed E-state index contributed by atoms with van der Waals surface area (Å²) in [5, 5.41) is 2.90. The molecule has 0 saturated carbocycles. The van der Waals surface area contributed by atoms with Crippen LogP contribution in [-0.4, -0.2) is 73.7 Å². The highest BCUT2D eigenvalue weighted by Gasteiger charge is 2.29. The molecule has 8 nitrogen and oxygen atoms in total. The molecule has 182 valence electrons. The zero-order valence-corrected chi connectivity index (χ0v) is 20.6. The first-order valence-corrected chi connectivity index (χ1v) is 13.2. The van der Waals surface area contributed by atoms with Crippen LogP contribution in [0.5, 0.6) is 0 Å². The van der Waals surface area contributed by atoms with Gasteiger partial charge in [0.1, 0.15) is 0 Å². The largest absolute Gasteiger partial charge is 0.335 e. The molecular formula is C25H32N4O4S. The van der Waals surface area contributed by atoms with Gasteiger partial charge in [0.2, 0.25) is 10.0 Å². The Balaban J connectivity index is 1.42. The number of anilines is 1. The average molecular weight is 485 g/mol. The van der Waals surface area contributed by atoms with E-state index in [0.717, 1.165) is 36.1 Å². The van der Waals surface area contributed by atoms with Crippen molar-refractivity contribution in [2.24, 2.45) is 0 Å². The topological polar surface area (TPSA) is 90.0 Å². The number of hydrogen-bond acceptors (Lipinski definition) is 4. The van der Waals surface area contributed by atoms with E-state index in [9.17, 15) is 18.0 Å². The molecule has 2 fully saturated rings. The fourth-order valence-corrected chi connectivity index (χ4v) is 6.00. The Bertz CT molecular complexity index is 1170. The Labute approximate surface area is 201 Å². The number of amides is 3. The summed E-state index contributed by atoms with van der Waals surface area (Å²) in [5.74, 6) is -0.202. The second-order valence-corrected chi connectivity index (χ2v) is 11.0. The van der Waals surface area contributed by atoms with Crippen LogP contribution in [0.1, 0.15) is 40.7 Å². The SMILES string of the molecule is Cc1cccc(NC(=O)N2CCN(C(=O)c3cc(S(=O)(=O)N4CCCCC4)ccc3C)CC2)c1. The number of piperidine rings is 1. The molecule has 2 aliphatic heterocycles. The number of hydrogen-bond donors (Lipinski definition) is 1. The van der Waals surface area contributed by atoms with E-state index in [4.69, 9.17) is 0 Å². The number of carbonyl (C=O) groups is 2. The fourth-order valence-electron chi connectivity index (χ4n) is 4.45. The van der Waals surface area contributed by atoms with E-state index in [2.05, 4.69) is 5.32 Å². The summed E-state index contributed by atoms with van der Waals surface area (Å²) in [5.41, 5.74) is 2.94. The van der Waals surface area contributed by atoms with E-state index in [-0.39, 0.29) is 16.8 Å². The summed E-state index contributed by atoms with van der Waals surface area (Å²) in [6.45, 7) is 6.43. The van der Waals surface area contributed by atoms with Gasteiger partial charge in [-0.25, -0.2) is 13.2 Å². The molecule has 0 atom stereocenters. The minimum atomic E-state index is -3.62. The van der Waals surface area contributed by atoms with Gasteiger partial charge in [0.15, 0.2) is 0 Å². The predicted molar refractivity (Wildman–Crippen MR) is 131 cm³/mol. The number of benzene rings is 2. The standard InChI is InChI=1S/C25H32N4O4S/c1-19-7-6-8-21(17-19)26-25(31)28-15-13-27(14-16-28)24(30)23-18-22(10-9-20(23)2)34(32,33)29-11-4-3-5-12-29/h6-10,17-18H,3-5,11-16H2,1-2H3,(H,26,31). The van der Waals surface area contributed by atoms with Crippen molar-refractivity contribution < 1.29 is 18.0 Å². The monoisotopic (exact) mass is 484 g/mol. The lowest BCUT2D eigenvalue weighted by Crippen LogP contribution is -2.51. The smallest absolute Gasteiger partial charge is 0.321 e. The van der Waals surface area contributed by atoms with Gasteiger partial charge in [0, 0.05) is 50.5 Å². The summed E-state index contributed by atoms with van der Waals surface area (Å²) >= 11 is 0. The number of rotatable bonds is 4. The maximum Gasteiger partial charge on any atom is 0.321 e. The Hall–Kier alpha value is -2.91. The van der Waals surface area contributed by atoms with Gasteiger partial charge in [-0.1, -0.05) is 24.6 Å². The van der Waals surface area contributed by atoms with Gasteiger partial charge in [0.25, 0.3) is 5.91 Å². The molecule has 2 saturated heterocycles. The van der Waals surface area contributed by atoms with E-state index in [0.29, 0.717) is 44.8 Å². The molecule has 34 heavy (non-hydrogen) atoms. The van der Waals surface area contributed by atoms with E-state index < -0.39 is 10.0 Å². The van der Waals surface area contributed by atoms with Crippen LogP contribution < -0.4 is 5.32 Å². The molecule has 0 unspecified atom stereocenters. The van der Waals surface area contributed by atoms with Crippen LogP contribution in [0.15, 0.2) is 47.4 Å². The van der Waals surface area contributed by atoms with E-state index in [1.54, 1.807) is 21.9 Å². The van der Waals surface area contributed by atoms with Crippen molar-refractivity contribution in [2.75, 3.05) is 44.6 Å². The van der Waals surface area contributed by atoms with Crippen molar-refractivity contribution in [2.45, 2.75) is 38.0 Å². The first-order chi connectivity index (χ1) is 16.3. The third-order valence-electron chi connectivity index (χ3n) is 6.52. The van der Waals surface area contributed by atoms with Crippen LogP contribution in [0.25, 0.3) is 0 Å². The van der Waals surface area contributed by atoms with Crippen molar-refractivity contribution in [1.29, 1.82) is 0 Å². The van der Waals surface area contributed by atoms with Crippen LogP contribution in [0.2, 0.25) is 0 Å². The maximum absolute atomic E-state index is 13.3. The Kier molecular flexibility index (Phi) is 7.23. The zero-order chi connectivity index (χ0) is 24.3. The fraction of sp³-hybridized carbons (Fsp3) is 0.440. The zero-order valence-electron chi connectivity index (χ0n) is 19.8. The van der Waals surface area contributed by atoms with E-state index in [1.165, 1.54) is 10.4 Å². The molecule has 0 aliphatic carbocycles. The number of sulfonamides is 1. The van der Waals surface area contributed by atoms with E-state index in [1.807, 2.05) is 38.1 Å². The molecule has 3 amide bonds. The van der Waals surface area contributed by atoms with Crippen molar-refractivity contribution in [3.05, 3.63) is 59.2 Å². The quantitative estimate of drug-likeness (QED) is 0.720. The minimum Gasteiger partial charge on any atom is -0.335 e. The van der Waals surface area contributed by atoms with Gasteiger partial charge in [0.05, 0.1) is 4.90 Å². The molecule has 0 bridgehead atoms. The van der Waals surface area contributed by atoms with Crippen molar-refractivity contribution >= 4 is 27.6 Å². The Morgan fingerprint density at radius 3 is 2.18 bits per heavy atom. The lowest BCUT2D eigenvalue weighted by Gasteiger charge is -2.35. The van der Waals surface area contributed by atoms with Crippen LogP contribution >= 0.6 is 0 Å². The highest BCUT2D eigenvalue weighted by molar-refractivity contribution is 7.89. The molecular weight excluding hydrogens is 452 g/mol. The molecule has 0 aromatic heterocycles. The second-order valence-electron chi connectivity index (χ2n) is 9.02. The number of nitrogens with zero attached hydrogens (tertiary/aromatic N) is 3. The summed E-state index contributed by atoms with van der Waals surface area (Å²) in [4.78, 5) is 29.5. The minimum absolute atomic E-state index is 0.166. The lowest BCUT2D eigenvalue weighted by molar-refractivity contribution is 0.0670. The Morgan fingerprint density at radius 2 is 1.50 bits per heavy atom. The highest BCUT2D eigenvalue weighted by Crippen LogP contribution is 2.24. The first-order valence-electron chi connectivity index (χ1n) is 11.8. The summed E-state index contributed by atoms with van der Waals surface area (Å²) < 4.78 is 27.7. The van der Waals surface area contributed by atoms with Gasteiger partial charge in [-0.2, -0.15) is 4.31 Å². The molecule has 4 rings (SSSR count). The molecule has 2 aliphatic rings. The number of aryl methyl sites for hydroxylation is 2. The third-order valence-corrected chi connectivity index (χ3v) is 8.41. The van der Waals surface area contributed by atoms with Crippen molar-refractivity contribution in [1.82, 2.24) is 14.1 Å². The van der Waals surface area contributed by atoms with Gasteiger partial charge in [-0.3, -0.25) is 4.79 Å². The second kappa shape index (κ2) is 10.1. The number of piperazine rings is 1. The molecule has 0 radical (unpaired) electrons. The molecule has 1 N–H and O–H groups in total. The summed E-state index contributed by atoms with van der Waals surface area (Å²) in [6, 6.07) is 12.2. The number of carbonyl (C=O) groups excluding carboxylic acids is 2. The van der Waals surface area contributed by atoms with Crippen molar-refractivity contribution in [3.63, 3.8) is 0 Å². The molecule has 2 aromatic carbocycles. The summed E-state index contributed by atoms with van der Waals surface area (Å²) in [6.07, 6.45) is 2.76. The average Bonchev–Trinajstić information content (AvgIpc) is 2.84. The normalized spacial score (nSPS) is 17.5.